The molecule has 0 aliphatic heterocycles. The van der Waals surface area contributed by atoms with Crippen LogP contribution >= 0.6 is 0 Å². The smallest absolute Gasteiger partial charge is 0.418 e. The van der Waals surface area contributed by atoms with E-state index in [2.05, 4.69) is 0 Å². The Bertz CT molecular complexity index is 494. The number of rotatable bonds is 2. The van der Waals surface area contributed by atoms with E-state index in [4.69, 9.17) is 9.47 Å². The Balaban J connectivity index is 3.09. The Kier molecular flexibility index (Phi) is 4.39. The number of carbonyl (C=O) groups excluding carboxylic acids is 2. The van der Waals surface area contributed by atoms with E-state index in [1.807, 2.05) is 0 Å². The molecule has 0 N–H and O–H groups in total. The zero-order valence-corrected chi connectivity index (χ0v) is 12.4. The highest BCUT2D eigenvalue weighted by Gasteiger charge is 2.24. The van der Waals surface area contributed by atoms with Crippen molar-refractivity contribution in [3.8, 4) is 0 Å². The maximum Gasteiger partial charge on any atom is 0.418 e. The maximum atomic E-state index is 12.0. The van der Waals surface area contributed by atoms with Gasteiger partial charge in [0.15, 0.2) is 0 Å². The molecule has 0 bridgehead atoms. The molecule has 5 nitrogen and oxygen atoms in total. The summed E-state index contributed by atoms with van der Waals surface area (Å²) in [6.07, 6.45) is 1.10. The summed E-state index contributed by atoms with van der Waals surface area (Å²) in [5, 5.41) is 0. The standard InChI is InChI=1S/C14H21NO4/c1-7-18-12(16)11-9(2)8-15(10(11)3)13(17)19-14(4,5)6/h8H,7H2,1-6H3. The van der Waals surface area contributed by atoms with Crippen molar-refractivity contribution in [2.24, 2.45) is 0 Å². The lowest BCUT2D eigenvalue weighted by Gasteiger charge is -2.20. The minimum Gasteiger partial charge on any atom is -0.462 e. The molecule has 0 radical (unpaired) electrons. The summed E-state index contributed by atoms with van der Waals surface area (Å²) >= 11 is 0. The first kappa shape index (κ1) is 15.3. The van der Waals surface area contributed by atoms with Gasteiger partial charge < -0.3 is 9.47 Å². The molecule has 1 heterocycles. The van der Waals surface area contributed by atoms with E-state index in [1.165, 1.54) is 4.57 Å². The molecule has 5 heteroatoms. The summed E-state index contributed by atoms with van der Waals surface area (Å²) in [5.74, 6) is -0.417. The van der Waals surface area contributed by atoms with Gasteiger partial charge in [-0.25, -0.2) is 9.59 Å². The van der Waals surface area contributed by atoms with Gasteiger partial charge in [0.2, 0.25) is 0 Å². The minimum atomic E-state index is -0.578. The lowest BCUT2D eigenvalue weighted by Crippen LogP contribution is -2.27. The van der Waals surface area contributed by atoms with Crippen molar-refractivity contribution in [1.29, 1.82) is 0 Å². The van der Waals surface area contributed by atoms with Gasteiger partial charge in [-0.05, 0) is 47.1 Å². The quantitative estimate of drug-likeness (QED) is 0.773. The van der Waals surface area contributed by atoms with Crippen molar-refractivity contribution in [3.63, 3.8) is 0 Å². The van der Waals surface area contributed by atoms with Crippen molar-refractivity contribution in [2.75, 3.05) is 6.61 Å². The van der Waals surface area contributed by atoms with Gasteiger partial charge in [0.1, 0.15) is 5.60 Å². The maximum absolute atomic E-state index is 12.0. The van der Waals surface area contributed by atoms with Crippen LogP contribution in [0.2, 0.25) is 0 Å². The Morgan fingerprint density at radius 1 is 1.26 bits per heavy atom. The molecule has 0 spiro atoms. The zero-order chi connectivity index (χ0) is 14.8. The average Bonchev–Trinajstić information content (AvgIpc) is 2.52. The van der Waals surface area contributed by atoms with Crippen LogP contribution < -0.4 is 0 Å². The number of nitrogens with zero attached hydrogens (tertiary/aromatic N) is 1. The number of aromatic nitrogens is 1. The number of aryl methyl sites for hydroxylation is 1. The van der Waals surface area contributed by atoms with Crippen LogP contribution in [-0.4, -0.2) is 28.8 Å². The van der Waals surface area contributed by atoms with E-state index >= 15 is 0 Å². The molecule has 0 aromatic carbocycles. The molecule has 0 saturated carbocycles. The molecule has 0 atom stereocenters. The van der Waals surface area contributed by atoms with E-state index in [9.17, 15) is 9.59 Å². The molecule has 1 aromatic heterocycles. The fourth-order valence-electron chi connectivity index (χ4n) is 1.77. The monoisotopic (exact) mass is 267 g/mol. The Hall–Kier alpha value is -1.78. The van der Waals surface area contributed by atoms with Crippen LogP contribution in [0.15, 0.2) is 6.20 Å². The third-order valence-corrected chi connectivity index (χ3v) is 2.51. The molecule has 19 heavy (non-hydrogen) atoms. The first-order valence-corrected chi connectivity index (χ1v) is 6.26. The Morgan fingerprint density at radius 3 is 2.32 bits per heavy atom. The zero-order valence-electron chi connectivity index (χ0n) is 12.4. The Morgan fingerprint density at radius 2 is 1.84 bits per heavy atom. The number of carbonyl (C=O) groups is 2. The predicted molar refractivity (Wildman–Crippen MR) is 71.5 cm³/mol. The molecule has 106 valence electrons. The molecule has 0 aliphatic carbocycles. The summed E-state index contributed by atoms with van der Waals surface area (Å²) < 4.78 is 11.6. The highest BCUT2D eigenvalue weighted by Crippen LogP contribution is 2.19. The van der Waals surface area contributed by atoms with Gasteiger partial charge >= 0.3 is 12.1 Å². The van der Waals surface area contributed by atoms with Crippen LogP contribution in [0, 0.1) is 13.8 Å². The van der Waals surface area contributed by atoms with E-state index < -0.39 is 17.7 Å². The summed E-state index contributed by atoms with van der Waals surface area (Å²) in [6.45, 7) is 10.9. The molecule has 1 aromatic rings. The Labute approximate surface area is 113 Å². The van der Waals surface area contributed by atoms with Crippen molar-refractivity contribution in [2.45, 2.75) is 47.1 Å². The fourth-order valence-corrected chi connectivity index (χ4v) is 1.77. The van der Waals surface area contributed by atoms with Crippen molar-refractivity contribution in [1.82, 2.24) is 4.57 Å². The summed E-state index contributed by atoms with van der Waals surface area (Å²) in [4.78, 5) is 23.8. The summed E-state index contributed by atoms with van der Waals surface area (Å²) in [7, 11) is 0. The lowest BCUT2D eigenvalue weighted by molar-refractivity contribution is 0.0523. The fraction of sp³-hybridized carbons (Fsp3) is 0.571. The normalized spacial score (nSPS) is 11.3. The highest BCUT2D eigenvalue weighted by molar-refractivity contribution is 5.93. The van der Waals surface area contributed by atoms with E-state index in [0.717, 1.165) is 0 Å². The molecule has 0 fully saturated rings. The molecule has 1 rings (SSSR count). The van der Waals surface area contributed by atoms with E-state index in [1.54, 1.807) is 47.7 Å². The molecule has 0 amide bonds. The predicted octanol–water partition coefficient (Wildman–Crippen LogP) is 3.06. The van der Waals surface area contributed by atoms with Crippen molar-refractivity contribution >= 4 is 12.1 Å². The molecule has 0 unspecified atom stereocenters. The topological polar surface area (TPSA) is 57.5 Å². The summed E-state index contributed by atoms with van der Waals surface area (Å²) in [6, 6.07) is 0. The number of hydrogen-bond donors (Lipinski definition) is 0. The van der Waals surface area contributed by atoms with Gasteiger partial charge in [-0.3, -0.25) is 4.57 Å². The van der Waals surface area contributed by atoms with Gasteiger partial charge in [-0.15, -0.1) is 0 Å². The molecular weight excluding hydrogens is 246 g/mol. The van der Waals surface area contributed by atoms with Crippen molar-refractivity contribution in [3.05, 3.63) is 23.0 Å². The second-order valence-electron chi connectivity index (χ2n) is 5.34. The van der Waals surface area contributed by atoms with Crippen LogP contribution in [0.4, 0.5) is 4.79 Å². The average molecular weight is 267 g/mol. The second-order valence-corrected chi connectivity index (χ2v) is 5.34. The second kappa shape index (κ2) is 5.47. The van der Waals surface area contributed by atoms with Crippen LogP contribution in [0.5, 0.6) is 0 Å². The lowest BCUT2D eigenvalue weighted by atomic mass is 10.2. The first-order valence-electron chi connectivity index (χ1n) is 6.26. The first-order chi connectivity index (χ1) is 8.67. The van der Waals surface area contributed by atoms with E-state index in [-0.39, 0.29) is 0 Å². The minimum absolute atomic E-state index is 0.301. The van der Waals surface area contributed by atoms with Crippen molar-refractivity contribution < 1.29 is 19.1 Å². The van der Waals surface area contributed by atoms with Gasteiger partial charge in [0.05, 0.1) is 12.2 Å². The molecular formula is C14H21NO4. The van der Waals surface area contributed by atoms with Gasteiger partial charge in [-0.1, -0.05) is 0 Å². The number of esters is 1. The largest absolute Gasteiger partial charge is 0.462 e. The molecule has 0 saturated heterocycles. The SMILES string of the molecule is CCOC(=O)c1c(C)cn(C(=O)OC(C)(C)C)c1C. The van der Waals surface area contributed by atoms with Gasteiger partial charge in [0.25, 0.3) is 0 Å². The third kappa shape index (κ3) is 3.59. The highest BCUT2D eigenvalue weighted by atomic mass is 16.6. The van der Waals surface area contributed by atoms with Crippen LogP contribution in [0.25, 0.3) is 0 Å². The third-order valence-electron chi connectivity index (χ3n) is 2.51. The van der Waals surface area contributed by atoms with Crippen LogP contribution in [0.3, 0.4) is 0 Å². The summed E-state index contributed by atoms with van der Waals surface area (Å²) in [5.41, 5.74) is 1.07. The molecule has 0 aliphatic rings. The van der Waals surface area contributed by atoms with Crippen LogP contribution in [0.1, 0.15) is 49.3 Å². The number of ether oxygens (including phenoxy) is 2. The van der Waals surface area contributed by atoms with E-state index in [0.29, 0.717) is 23.4 Å². The van der Waals surface area contributed by atoms with Gasteiger partial charge in [0, 0.05) is 11.9 Å². The van der Waals surface area contributed by atoms with Gasteiger partial charge in [-0.2, -0.15) is 0 Å². The van der Waals surface area contributed by atoms with Crippen LogP contribution in [-0.2, 0) is 9.47 Å². The number of hydrogen-bond acceptors (Lipinski definition) is 4.